The minimum absolute atomic E-state index is 0.0564. The molecule has 0 saturated carbocycles. The van der Waals surface area contributed by atoms with Crippen molar-refractivity contribution < 1.29 is 9.84 Å². The Bertz CT molecular complexity index is 298. The SMILES string of the molecule is COc1ccc(NC(CO)CC(C)C)nc1. The van der Waals surface area contributed by atoms with Crippen LogP contribution in [0.15, 0.2) is 18.3 Å². The van der Waals surface area contributed by atoms with Crippen molar-refractivity contribution in [2.24, 2.45) is 5.92 Å². The average molecular weight is 224 g/mol. The number of nitrogens with one attached hydrogen (secondary N) is 1. The minimum Gasteiger partial charge on any atom is -0.495 e. The number of pyridine rings is 1. The van der Waals surface area contributed by atoms with E-state index in [1.54, 1.807) is 13.3 Å². The molecule has 1 aromatic heterocycles. The third-order valence-corrected chi connectivity index (χ3v) is 2.30. The molecule has 0 amide bonds. The highest BCUT2D eigenvalue weighted by atomic mass is 16.5. The van der Waals surface area contributed by atoms with Gasteiger partial charge in [-0.05, 0) is 24.5 Å². The molecule has 0 bridgehead atoms. The average Bonchev–Trinajstić information content (AvgIpc) is 2.28. The fraction of sp³-hybridized carbons (Fsp3) is 0.583. The van der Waals surface area contributed by atoms with Crippen molar-refractivity contribution in [1.29, 1.82) is 0 Å². The van der Waals surface area contributed by atoms with Crippen LogP contribution < -0.4 is 10.1 Å². The lowest BCUT2D eigenvalue weighted by atomic mass is 10.0. The van der Waals surface area contributed by atoms with Crippen molar-refractivity contribution in [3.05, 3.63) is 18.3 Å². The molecule has 1 aromatic rings. The summed E-state index contributed by atoms with van der Waals surface area (Å²) in [5.41, 5.74) is 0. The standard InChI is InChI=1S/C12H20N2O2/c1-9(2)6-10(8-15)14-12-5-4-11(16-3)7-13-12/h4-5,7,9-10,15H,6,8H2,1-3H3,(H,13,14). The summed E-state index contributed by atoms with van der Waals surface area (Å²) in [6, 6.07) is 3.75. The number of ether oxygens (including phenoxy) is 1. The first-order valence-corrected chi connectivity index (χ1v) is 5.53. The highest BCUT2D eigenvalue weighted by Crippen LogP contribution is 2.14. The van der Waals surface area contributed by atoms with Crippen LogP contribution in [0.1, 0.15) is 20.3 Å². The zero-order chi connectivity index (χ0) is 12.0. The van der Waals surface area contributed by atoms with Crippen LogP contribution in [0.25, 0.3) is 0 Å². The first-order valence-electron chi connectivity index (χ1n) is 5.53. The van der Waals surface area contributed by atoms with Gasteiger partial charge in [-0.3, -0.25) is 0 Å². The molecule has 1 heterocycles. The molecule has 4 nitrogen and oxygen atoms in total. The molecule has 0 spiro atoms. The van der Waals surface area contributed by atoms with Gasteiger partial charge >= 0.3 is 0 Å². The quantitative estimate of drug-likeness (QED) is 0.775. The van der Waals surface area contributed by atoms with Crippen molar-refractivity contribution in [3.8, 4) is 5.75 Å². The molecule has 2 N–H and O–H groups in total. The molecule has 0 fully saturated rings. The molecule has 0 aliphatic carbocycles. The third kappa shape index (κ3) is 4.06. The topological polar surface area (TPSA) is 54.4 Å². The highest BCUT2D eigenvalue weighted by Gasteiger charge is 2.09. The van der Waals surface area contributed by atoms with Crippen molar-refractivity contribution in [2.75, 3.05) is 19.0 Å². The maximum Gasteiger partial charge on any atom is 0.137 e. The summed E-state index contributed by atoms with van der Waals surface area (Å²) in [6.07, 6.45) is 2.58. The molecule has 4 heteroatoms. The summed E-state index contributed by atoms with van der Waals surface area (Å²) >= 11 is 0. The summed E-state index contributed by atoms with van der Waals surface area (Å²) in [4.78, 5) is 4.20. The number of aliphatic hydroxyl groups excluding tert-OH is 1. The maximum absolute atomic E-state index is 9.22. The maximum atomic E-state index is 9.22. The Morgan fingerprint density at radius 1 is 1.44 bits per heavy atom. The number of hydrogen-bond acceptors (Lipinski definition) is 4. The van der Waals surface area contributed by atoms with E-state index in [4.69, 9.17) is 4.74 Å². The van der Waals surface area contributed by atoms with Gasteiger partial charge in [0.1, 0.15) is 11.6 Å². The van der Waals surface area contributed by atoms with Crippen molar-refractivity contribution in [1.82, 2.24) is 4.98 Å². The van der Waals surface area contributed by atoms with Gasteiger partial charge < -0.3 is 15.2 Å². The molecule has 0 saturated heterocycles. The lowest BCUT2D eigenvalue weighted by Gasteiger charge is -2.18. The summed E-state index contributed by atoms with van der Waals surface area (Å²) in [6.45, 7) is 4.38. The van der Waals surface area contributed by atoms with Gasteiger partial charge in [-0.1, -0.05) is 13.8 Å². The minimum atomic E-state index is 0.0564. The lowest BCUT2D eigenvalue weighted by Crippen LogP contribution is -2.25. The van der Waals surface area contributed by atoms with Gasteiger partial charge in [-0.15, -0.1) is 0 Å². The largest absolute Gasteiger partial charge is 0.495 e. The Labute approximate surface area is 96.7 Å². The van der Waals surface area contributed by atoms with E-state index in [-0.39, 0.29) is 12.6 Å². The van der Waals surface area contributed by atoms with Gasteiger partial charge in [-0.2, -0.15) is 0 Å². The molecule has 0 aromatic carbocycles. The number of anilines is 1. The van der Waals surface area contributed by atoms with Crippen LogP contribution >= 0.6 is 0 Å². The number of nitrogens with zero attached hydrogens (tertiary/aromatic N) is 1. The van der Waals surface area contributed by atoms with E-state index in [9.17, 15) is 5.11 Å². The molecular formula is C12H20N2O2. The van der Waals surface area contributed by atoms with Gasteiger partial charge in [0, 0.05) is 0 Å². The molecule has 16 heavy (non-hydrogen) atoms. The Morgan fingerprint density at radius 3 is 2.62 bits per heavy atom. The number of aliphatic hydroxyl groups is 1. The van der Waals surface area contributed by atoms with E-state index in [0.29, 0.717) is 5.92 Å². The smallest absolute Gasteiger partial charge is 0.137 e. The van der Waals surface area contributed by atoms with Gasteiger partial charge in [0.25, 0.3) is 0 Å². The highest BCUT2D eigenvalue weighted by molar-refractivity contribution is 5.38. The van der Waals surface area contributed by atoms with E-state index in [1.165, 1.54) is 0 Å². The first kappa shape index (κ1) is 12.8. The van der Waals surface area contributed by atoms with E-state index in [2.05, 4.69) is 24.1 Å². The molecule has 1 unspecified atom stereocenters. The van der Waals surface area contributed by atoms with Crippen LogP contribution in [-0.2, 0) is 0 Å². The Kier molecular flexibility index (Phi) is 5.05. The van der Waals surface area contributed by atoms with Crippen LogP contribution in [-0.4, -0.2) is 29.8 Å². The van der Waals surface area contributed by atoms with Crippen LogP contribution in [0.4, 0.5) is 5.82 Å². The Balaban J connectivity index is 2.56. The van der Waals surface area contributed by atoms with E-state index < -0.39 is 0 Å². The molecule has 90 valence electrons. The van der Waals surface area contributed by atoms with Crippen LogP contribution in [0.5, 0.6) is 5.75 Å². The second-order valence-corrected chi connectivity index (χ2v) is 4.24. The lowest BCUT2D eigenvalue weighted by molar-refractivity contribution is 0.259. The normalized spacial score (nSPS) is 12.6. The van der Waals surface area contributed by atoms with Gasteiger partial charge in [0.05, 0.1) is 26.0 Å². The first-order chi connectivity index (χ1) is 7.65. The van der Waals surface area contributed by atoms with Crippen LogP contribution in [0.3, 0.4) is 0 Å². The second-order valence-electron chi connectivity index (χ2n) is 4.24. The molecular weight excluding hydrogens is 204 g/mol. The van der Waals surface area contributed by atoms with Gasteiger partial charge in [-0.25, -0.2) is 4.98 Å². The molecule has 1 rings (SSSR count). The Hall–Kier alpha value is -1.29. The summed E-state index contributed by atoms with van der Waals surface area (Å²) in [7, 11) is 1.61. The number of methoxy groups -OCH3 is 1. The third-order valence-electron chi connectivity index (χ3n) is 2.30. The summed E-state index contributed by atoms with van der Waals surface area (Å²) in [5.74, 6) is 2.04. The van der Waals surface area contributed by atoms with Gasteiger partial charge in [0.2, 0.25) is 0 Å². The number of aromatic nitrogens is 1. The fourth-order valence-electron chi connectivity index (χ4n) is 1.54. The van der Waals surface area contributed by atoms with Crippen molar-refractivity contribution in [3.63, 3.8) is 0 Å². The fourth-order valence-corrected chi connectivity index (χ4v) is 1.54. The van der Waals surface area contributed by atoms with Crippen molar-refractivity contribution in [2.45, 2.75) is 26.3 Å². The summed E-state index contributed by atoms with van der Waals surface area (Å²) < 4.78 is 5.03. The monoisotopic (exact) mass is 224 g/mol. The summed E-state index contributed by atoms with van der Waals surface area (Å²) in [5, 5.41) is 12.4. The molecule has 0 aliphatic heterocycles. The second kappa shape index (κ2) is 6.33. The predicted octanol–water partition coefficient (Wildman–Crippen LogP) is 1.91. The zero-order valence-corrected chi connectivity index (χ0v) is 10.1. The zero-order valence-electron chi connectivity index (χ0n) is 10.1. The molecule has 1 atom stereocenters. The van der Waals surface area contributed by atoms with Crippen LogP contribution in [0.2, 0.25) is 0 Å². The molecule has 0 radical (unpaired) electrons. The van der Waals surface area contributed by atoms with Gasteiger partial charge in [0.15, 0.2) is 0 Å². The Morgan fingerprint density at radius 2 is 2.19 bits per heavy atom. The van der Waals surface area contributed by atoms with Crippen LogP contribution in [0, 0.1) is 5.92 Å². The predicted molar refractivity (Wildman–Crippen MR) is 64.7 cm³/mol. The number of rotatable bonds is 6. The van der Waals surface area contributed by atoms with E-state index >= 15 is 0 Å². The molecule has 0 aliphatic rings. The van der Waals surface area contributed by atoms with Crippen molar-refractivity contribution >= 4 is 5.82 Å². The van der Waals surface area contributed by atoms with E-state index in [1.807, 2.05) is 12.1 Å². The number of hydrogen-bond donors (Lipinski definition) is 2. The van der Waals surface area contributed by atoms with E-state index in [0.717, 1.165) is 18.0 Å².